The van der Waals surface area contributed by atoms with Gasteiger partial charge in [-0.3, -0.25) is 4.72 Å². The smallest absolute Gasteiger partial charge is 0.297 e. The Morgan fingerprint density at radius 3 is 2.62 bits per heavy atom. The normalized spacial score (nSPS) is 12.0. The van der Waals surface area contributed by atoms with E-state index in [9.17, 15) is 8.42 Å². The van der Waals surface area contributed by atoms with Crippen LogP contribution >= 0.6 is 22.9 Å². The lowest BCUT2D eigenvalue weighted by atomic mass is 10.2. The Bertz CT molecular complexity index is 889. The van der Waals surface area contributed by atoms with Crippen LogP contribution in [-0.2, 0) is 10.0 Å². The Morgan fingerprint density at radius 1 is 1.24 bits per heavy atom. The first kappa shape index (κ1) is 14.4. The third-order valence-corrected chi connectivity index (χ3v) is 5.67. The molecule has 0 saturated heterocycles. The molecule has 110 valence electrons. The van der Waals surface area contributed by atoms with Crippen LogP contribution in [0.4, 0.5) is 5.13 Å². The minimum Gasteiger partial charge on any atom is -0.448 e. The van der Waals surface area contributed by atoms with Gasteiger partial charge < -0.3 is 4.42 Å². The number of furan rings is 1. The van der Waals surface area contributed by atoms with E-state index in [2.05, 4.69) is 9.71 Å². The van der Waals surface area contributed by atoms with E-state index in [1.165, 1.54) is 17.4 Å². The quantitative estimate of drug-likeness (QED) is 0.782. The number of anilines is 1. The number of aryl methyl sites for hydroxylation is 2. The van der Waals surface area contributed by atoms with Crippen LogP contribution in [0.5, 0.6) is 0 Å². The van der Waals surface area contributed by atoms with E-state index in [0.717, 1.165) is 10.3 Å². The summed E-state index contributed by atoms with van der Waals surface area (Å²) in [6, 6.07) is 6.61. The Balaban J connectivity index is 2.02. The van der Waals surface area contributed by atoms with Gasteiger partial charge in [-0.15, -0.1) is 0 Å². The number of sulfonamides is 1. The topological polar surface area (TPSA) is 72.2 Å². The first-order valence-corrected chi connectivity index (χ1v) is 8.69. The van der Waals surface area contributed by atoms with Crippen LogP contribution in [0.15, 0.2) is 33.8 Å². The average Bonchev–Trinajstić information content (AvgIpc) is 3.01. The van der Waals surface area contributed by atoms with Crippen LogP contribution in [0.1, 0.15) is 11.3 Å². The molecule has 8 heteroatoms. The highest BCUT2D eigenvalue weighted by Crippen LogP contribution is 2.34. The van der Waals surface area contributed by atoms with E-state index in [-0.39, 0.29) is 10.2 Å². The van der Waals surface area contributed by atoms with Crippen molar-refractivity contribution < 1.29 is 12.8 Å². The van der Waals surface area contributed by atoms with Gasteiger partial charge in [0.05, 0.1) is 15.2 Å². The van der Waals surface area contributed by atoms with Crippen LogP contribution < -0.4 is 4.72 Å². The summed E-state index contributed by atoms with van der Waals surface area (Å²) in [4.78, 5) is 4.29. The summed E-state index contributed by atoms with van der Waals surface area (Å²) in [5.74, 6) is 0.526. The van der Waals surface area contributed by atoms with Gasteiger partial charge in [0.1, 0.15) is 5.76 Å². The Labute approximate surface area is 130 Å². The minimum absolute atomic E-state index is 0.137. The average molecular weight is 343 g/mol. The third kappa shape index (κ3) is 2.64. The number of hydrogen-bond acceptors (Lipinski definition) is 5. The molecule has 0 radical (unpaired) electrons. The number of benzene rings is 1. The zero-order valence-electron chi connectivity index (χ0n) is 11.2. The lowest BCUT2D eigenvalue weighted by molar-refractivity contribution is 0.430. The van der Waals surface area contributed by atoms with Gasteiger partial charge in [0.15, 0.2) is 5.13 Å². The fourth-order valence-corrected chi connectivity index (χ4v) is 4.30. The fraction of sp³-hybridized carbons (Fsp3) is 0.154. The molecule has 0 aliphatic heterocycles. The van der Waals surface area contributed by atoms with Gasteiger partial charge in [-0.25, -0.2) is 4.98 Å². The van der Waals surface area contributed by atoms with E-state index in [4.69, 9.17) is 16.0 Å². The first-order chi connectivity index (χ1) is 9.87. The number of thiazole rings is 1. The Kier molecular flexibility index (Phi) is 3.43. The van der Waals surface area contributed by atoms with Crippen molar-refractivity contribution in [2.24, 2.45) is 0 Å². The molecule has 1 aromatic carbocycles. The molecule has 2 heterocycles. The Hall–Kier alpha value is -1.57. The van der Waals surface area contributed by atoms with E-state index in [0.29, 0.717) is 16.3 Å². The molecule has 3 aromatic rings. The van der Waals surface area contributed by atoms with Crippen molar-refractivity contribution in [3.63, 3.8) is 0 Å². The zero-order valence-corrected chi connectivity index (χ0v) is 13.6. The van der Waals surface area contributed by atoms with Crippen LogP contribution in [0, 0.1) is 13.8 Å². The monoisotopic (exact) mass is 342 g/mol. The molecule has 0 amide bonds. The van der Waals surface area contributed by atoms with Crippen molar-refractivity contribution in [1.82, 2.24) is 4.98 Å². The van der Waals surface area contributed by atoms with Gasteiger partial charge in [-0.2, -0.15) is 8.42 Å². The van der Waals surface area contributed by atoms with Gasteiger partial charge in [-0.05, 0) is 37.6 Å². The van der Waals surface area contributed by atoms with Gasteiger partial charge in [-0.1, -0.05) is 29.0 Å². The van der Waals surface area contributed by atoms with Crippen molar-refractivity contribution >= 4 is 48.3 Å². The summed E-state index contributed by atoms with van der Waals surface area (Å²) in [5, 5.41) is 0.671. The maximum atomic E-state index is 12.2. The molecule has 0 unspecified atom stereocenters. The van der Waals surface area contributed by atoms with Crippen molar-refractivity contribution in [3.8, 4) is 0 Å². The van der Waals surface area contributed by atoms with E-state index >= 15 is 0 Å². The summed E-state index contributed by atoms with van der Waals surface area (Å²) in [6.07, 6.45) is 0. The number of rotatable bonds is 3. The summed E-state index contributed by atoms with van der Waals surface area (Å²) < 4.78 is 32.7. The van der Waals surface area contributed by atoms with Crippen molar-refractivity contribution in [2.75, 3.05) is 4.72 Å². The van der Waals surface area contributed by atoms with Crippen molar-refractivity contribution in [1.29, 1.82) is 0 Å². The predicted octanol–water partition coefficient (Wildman–Crippen LogP) is 3.96. The first-order valence-electron chi connectivity index (χ1n) is 6.02. The molecule has 0 aliphatic rings. The summed E-state index contributed by atoms with van der Waals surface area (Å²) in [6.45, 7) is 3.58. The maximum absolute atomic E-state index is 12.2. The second kappa shape index (κ2) is 5.01. The second-order valence-corrected chi connectivity index (χ2v) is 7.55. The lowest BCUT2D eigenvalue weighted by Gasteiger charge is -2.00. The number of fused-ring (bicyclic) bond motifs is 1. The van der Waals surface area contributed by atoms with Gasteiger partial charge in [0.2, 0.25) is 5.09 Å². The molecule has 3 rings (SSSR count). The second-order valence-electron chi connectivity index (χ2n) is 4.53. The van der Waals surface area contributed by atoms with Gasteiger partial charge in [0, 0.05) is 0 Å². The number of halogens is 1. The standard InChI is InChI=1S/C13H11ClN2O3S2/c1-7-3-5-9(14)12-11(7)15-13(20-12)16-21(17,18)10-6-4-8(2)19-10/h3-6H,1-2H3,(H,15,16). The van der Waals surface area contributed by atoms with E-state index in [1.54, 1.807) is 19.1 Å². The molecule has 1 N–H and O–H groups in total. The lowest BCUT2D eigenvalue weighted by Crippen LogP contribution is -2.11. The summed E-state index contributed by atoms with van der Waals surface area (Å²) in [7, 11) is -3.78. The van der Waals surface area contributed by atoms with E-state index < -0.39 is 10.0 Å². The van der Waals surface area contributed by atoms with Crippen molar-refractivity contribution in [2.45, 2.75) is 18.9 Å². The molecule has 0 aliphatic carbocycles. The molecule has 0 atom stereocenters. The maximum Gasteiger partial charge on any atom is 0.297 e. The summed E-state index contributed by atoms with van der Waals surface area (Å²) in [5.41, 5.74) is 1.63. The largest absolute Gasteiger partial charge is 0.448 e. The highest BCUT2D eigenvalue weighted by atomic mass is 35.5. The van der Waals surface area contributed by atoms with Crippen molar-refractivity contribution in [3.05, 3.63) is 40.6 Å². The molecular formula is C13H11ClN2O3S2. The predicted molar refractivity (Wildman–Crippen MR) is 83.6 cm³/mol. The molecule has 0 fully saturated rings. The van der Waals surface area contributed by atoms with Crippen LogP contribution in [0.3, 0.4) is 0 Å². The SMILES string of the molecule is Cc1ccc(S(=O)(=O)Nc2nc3c(C)ccc(Cl)c3s2)o1. The number of nitrogens with one attached hydrogen (secondary N) is 1. The summed E-state index contributed by atoms with van der Waals surface area (Å²) >= 11 is 7.30. The number of hydrogen-bond donors (Lipinski definition) is 1. The number of nitrogens with zero attached hydrogens (tertiary/aromatic N) is 1. The highest BCUT2D eigenvalue weighted by Gasteiger charge is 2.21. The van der Waals surface area contributed by atoms with Crippen LogP contribution in [0.25, 0.3) is 10.2 Å². The third-order valence-electron chi connectivity index (χ3n) is 2.90. The van der Waals surface area contributed by atoms with Crippen LogP contribution in [0.2, 0.25) is 5.02 Å². The zero-order chi connectivity index (χ0) is 15.2. The van der Waals surface area contributed by atoms with E-state index in [1.807, 2.05) is 13.0 Å². The molecule has 21 heavy (non-hydrogen) atoms. The fourth-order valence-electron chi connectivity index (χ4n) is 1.87. The molecule has 2 aromatic heterocycles. The molecule has 0 bridgehead atoms. The molecular weight excluding hydrogens is 332 g/mol. The molecule has 0 saturated carbocycles. The van der Waals surface area contributed by atoms with Crippen LogP contribution in [-0.4, -0.2) is 13.4 Å². The molecule has 0 spiro atoms. The highest BCUT2D eigenvalue weighted by molar-refractivity contribution is 7.92. The van der Waals surface area contributed by atoms with Gasteiger partial charge in [0.25, 0.3) is 10.0 Å². The number of aromatic nitrogens is 1. The minimum atomic E-state index is -3.78. The Morgan fingerprint density at radius 2 is 2.00 bits per heavy atom. The van der Waals surface area contributed by atoms with Gasteiger partial charge >= 0.3 is 0 Å². The molecule has 5 nitrogen and oxygen atoms in total.